The van der Waals surface area contributed by atoms with Crippen molar-refractivity contribution in [1.29, 1.82) is 0 Å². The first-order valence-corrected chi connectivity index (χ1v) is 9.72. The highest BCUT2D eigenvalue weighted by atomic mass is 32.1. The average Bonchev–Trinajstić information content (AvgIpc) is 3.10. The molecule has 0 fully saturated rings. The van der Waals surface area contributed by atoms with Gasteiger partial charge in [-0.15, -0.1) is 11.3 Å². The van der Waals surface area contributed by atoms with Gasteiger partial charge in [0, 0.05) is 29.6 Å². The number of nitrogens with zero attached hydrogens (tertiary/aromatic N) is 1. The molecule has 1 heterocycles. The summed E-state index contributed by atoms with van der Waals surface area (Å²) in [5, 5.41) is 8.86. The molecule has 140 valence electrons. The summed E-state index contributed by atoms with van der Waals surface area (Å²) in [4.78, 5) is 15.7. The minimum atomic E-state index is -0.257. The molecule has 0 aliphatic carbocycles. The fourth-order valence-corrected chi connectivity index (χ4v) is 3.50. The summed E-state index contributed by atoms with van der Waals surface area (Å²) >= 11 is 1.51. The maximum atomic E-state index is 13.0. The van der Waals surface area contributed by atoms with E-state index in [1.165, 1.54) is 29.0 Å². The topological polar surface area (TPSA) is 54.0 Å². The second kappa shape index (κ2) is 8.77. The smallest absolute Gasteiger partial charge is 0.217 e. The summed E-state index contributed by atoms with van der Waals surface area (Å²) < 4.78 is 13.0. The Balaban J connectivity index is 1.59. The first-order valence-electron chi connectivity index (χ1n) is 8.84. The molecule has 1 amide bonds. The summed E-state index contributed by atoms with van der Waals surface area (Å²) in [5.41, 5.74) is 4.00. The molecule has 2 aromatic carbocycles. The number of aromatic nitrogens is 1. The molecule has 0 saturated heterocycles. The van der Waals surface area contributed by atoms with Gasteiger partial charge in [0.25, 0.3) is 0 Å². The standard InChI is InChI=1S/C21H22FN3OS/c1-14(23-15(2)26)3-4-16-5-7-17(8-6-16)20-13-27-21(25-20)24-19-11-9-18(22)10-12-19/h5-14H,3-4H2,1-2H3,(H,23,26)(H,24,25)/t14-/m0/s1. The van der Waals surface area contributed by atoms with Crippen LogP contribution >= 0.6 is 11.3 Å². The van der Waals surface area contributed by atoms with E-state index in [9.17, 15) is 9.18 Å². The molecule has 0 spiro atoms. The molecular formula is C21H22FN3OS. The first-order chi connectivity index (χ1) is 13.0. The Hall–Kier alpha value is -2.73. The van der Waals surface area contributed by atoms with Gasteiger partial charge in [-0.05, 0) is 49.6 Å². The van der Waals surface area contributed by atoms with E-state index in [0.717, 1.165) is 34.9 Å². The third kappa shape index (κ3) is 5.62. The molecule has 27 heavy (non-hydrogen) atoms. The molecule has 0 unspecified atom stereocenters. The van der Waals surface area contributed by atoms with E-state index in [0.29, 0.717) is 0 Å². The van der Waals surface area contributed by atoms with Crippen LogP contribution in [0.2, 0.25) is 0 Å². The quantitative estimate of drug-likeness (QED) is 0.593. The van der Waals surface area contributed by atoms with Crippen LogP contribution in [0.5, 0.6) is 0 Å². The van der Waals surface area contributed by atoms with Gasteiger partial charge in [0.1, 0.15) is 5.82 Å². The Morgan fingerprint density at radius 3 is 2.52 bits per heavy atom. The van der Waals surface area contributed by atoms with Gasteiger partial charge in [-0.2, -0.15) is 0 Å². The number of anilines is 2. The van der Waals surface area contributed by atoms with Crippen molar-refractivity contribution in [3.05, 3.63) is 65.3 Å². The van der Waals surface area contributed by atoms with Crippen LogP contribution < -0.4 is 10.6 Å². The number of benzene rings is 2. The van der Waals surface area contributed by atoms with Crippen LogP contribution in [0.15, 0.2) is 53.9 Å². The largest absolute Gasteiger partial charge is 0.354 e. The molecule has 3 rings (SSSR count). The number of halogens is 1. The highest BCUT2D eigenvalue weighted by Gasteiger charge is 2.07. The molecule has 3 aromatic rings. The van der Waals surface area contributed by atoms with Crippen LogP contribution in [-0.4, -0.2) is 16.9 Å². The van der Waals surface area contributed by atoms with E-state index in [1.807, 2.05) is 12.3 Å². The van der Waals surface area contributed by atoms with Gasteiger partial charge in [-0.25, -0.2) is 9.37 Å². The van der Waals surface area contributed by atoms with Gasteiger partial charge in [0.2, 0.25) is 5.91 Å². The maximum absolute atomic E-state index is 13.0. The zero-order chi connectivity index (χ0) is 19.2. The minimum Gasteiger partial charge on any atom is -0.354 e. The fourth-order valence-electron chi connectivity index (χ4n) is 2.76. The summed E-state index contributed by atoms with van der Waals surface area (Å²) in [6.07, 6.45) is 1.82. The predicted octanol–water partition coefficient (Wildman–Crippen LogP) is 5.15. The first kappa shape index (κ1) is 19.0. The van der Waals surface area contributed by atoms with E-state index in [4.69, 9.17) is 0 Å². The second-order valence-corrected chi connectivity index (χ2v) is 7.37. The van der Waals surface area contributed by atoms with Crippen LogP contribution in [0.4, 0.5) is 15.2 Å². The van der Waals surface area contributed by atoms with E-state index >= 15 is 0 Å². The molecule has 1 aromatic heterocycles. The Labute approximate surface area is 162 Å². The number of nitrogens with one attached hydrogen (secondary N) is 2. The lowest BCUT2D eigenvalue weighted by Gasteiger charge is -2.12. The Kier molecular flexibility index (Phi) is 6.19. The molecule has 0 bridgehead atoms. The highest BCUT2D eigenvalue weighted by Crippen LogP contribution is 2.27. The van der Waals surface area contributed by atoms with Crippen molar-refractivity contribution in [2.75, 3.05) is 5.32 Å². The van der Waals surface area contributed by atoms with E-state index in [1.54, 1.807) is 19.1 Å². The van der Waals surface area contributed by atoms with Gasteiger partial charge in [-0.3, -0.25) is 4.79 Å². The summed E-state index contributed by atoms with van der Waals surface area (Å²) in [5.74, 6) is -0.252. The molecule has 0 radical (unpaired) electrons. The molecule has 1 atom stereocenters. The third-order valence-corrected chi connectivity index (χ3v) is 4.92. The van der Waals surface area contributed by atoms with Crippen molar-refractivity contribution < 1.29 is 9.18 Å². The van der Waals surface area contributed by atoms with Gasteiger partial charge in [0.05, 0.1) is 5.69 Å². The lowest BCUT2D eigenvalue weighted by atomic mass is 10.0. The fraction of sp³-hybridized carbons (Fsp3) is 0.238. The zero-order valence-electron chi connectivity index (χ0n) is 15.3. The molecule has 0 aliphatic rings. The summed E-state index contributed by atoms with van der Waals surface area (Å²) in [6, 6.07) is 14.7. The minimum absolute atomic E-state index is 0.00595. The average molecular weight is 383 g/mol. The number of thiazole rings is 1. The van der Waals surface area contributed by atoms with Gasteiger partial charge < -0.3 is 10.6 Å². The van der Waals surface area contributed by atoms with Crippen molar-refractivity contribution in [3.8, 4) is 11.3 Å². The van der Waals surface area contributed by atoms with Crippen LogP contribution in [0.25, 0.3) is 11.3 Å². The van der Waals surface area contributed by atoms with Crippen molar-refractivity contribution >= 4 is 28.1 Å². The summed E-state index contributed by atoms with van der Waals surface area (Å²) in [6.45, 7) is 3.55. The molecule has 4 nitrogen and oxygen atoms in total. The molecule has 6 heteroatoms. The highest BCUT2D eigenvalue weighted by molar-refractivity contribution is 7.14. The van der Waals surface area contributed by atoms with E-state index < -0.39 is 0 Å². The summed E-state index contributed by atoms with van der Waals surface area (Å²) in [7, 11) is 0. The predicted molar refractivity (Wildman–Crippen MR) is 109 cm³/mol. The number of hydrogen-bond acceptors (Lipinski definition) is 4. The van der Waals surface area contributed by atoms with Crippen LogP contribution in [0.1, 0.15) is 25.8 Å². The monoisotopic (exact) mass is 383 g/mol. The van der Waals surface area contributed by atoms with Crippen molar-refractivity contribution in [2.45, 2.75) is 32.7 Å². The number of carbonyl (C=O) groups is 1. The number of carbonyl (C=O) groups excluding carboxylic acids is 1. The van der Waals surface area contributed by atoms with Crippen LogP contribution in [0, 0.1) is 5.82 Å². The van der Waals surface area contributed by atoms with Gasteiger partial charge >= 0.3 is 0 Å². The van der Waals surface area contributed by atoms with E-state index in [-0.39, 0.29) is 17.8 Å². The third-order valence-electron chi connectivity index (χ3n) is 4.17. The lowest BCUT2D eigenvalue weighted by Crippen LogP contribution is -2.30. The van der Waals surface area contributed by atoms with E-state index in [2.05, 4.69) is 39.9 Å². The zero-order valence-corrected chi connectivity index (χ0v) is 16.1. The Morgan fingerprint density at radius 1 is 1.15 bits per heavy atom. The van der Waals surface area contributed by atoms with Crippen LogP contribution in [0.3, 0.4) is 0 Å². The normalized spacial score (nSPS) is 11.8. The van der Waals surface area contributed by atoms with Crippen LogP contribution in [-0.2, 0) is 11.2 Å². The maximum Gasteiger partial charge on any atom is 0.217 e. The number of hydrogen-bond donors (Lipinski definition) is 2. The number of rotatable bonds is 7. The second-order valence-electron chi connectivity index (χ2n) is 6.51. The van der Waals surface area contributed by atoms with Gasteiger partial charge in [-0.1, -0.05) is 24.3 Å². The molecular weight excluding hydrogens is 361 g/mol. The van der Waals surface area contributed by atoms with Crippen molar-refractivity contribution in [2.24, 2.45) is 0 Å². The van der Waals surface area contributed by atoms with Crippen molar-refractivity contribution in [3.63, 3.8) is 0 Å². The molecule has 2 N–H and O–H groups in total. The van der Waals surface area contributed by atoms with Gasteiger partial charge in [0.15, 0.2) is 5.13 Å². The number of aryl methyl sites for hydroxylation is 1. The Morgan fingerprint density at radius 2 is 1.85 bits per heavy atom. The number of amides is 1. The SMILES string of the molecule is CC(=O)N[C@@H](C)CCc1ccc(-c2csc(Nc3ccc(F)cc3)n2)cc1. The molecule has 0 saturated carbocycles. The Bertz CT molecular complexity index is 891. The lowest BCUT2D eigenvalue weighted by molar-refractivity contribution is -0.119. The molecule has 0 aliphatic heterocycles. The van der Waals surface area contributed by atoms with Crippen molar-refractivity contribution in [1.82, 2.24) is 10.3 Å².